The molecule has 0 aliphatic carbocycles. The second kappa shape index (κ2) is 4.95. The van der Waals surface area contributed by atoms with E-state index in [1.165, 1.54) is 12.1 Å². The predicted molar refractivity (Wildman–Crippen MR) is 54.1 cm³/mol. The number of carbonyl (C=O) groups excluding carboxylic acids is 1. The van der Waals surface area contributed by atoms with Gasteiger partial charge in [0.1, 0.15) is 12.4 Å². The smallest absolute Gasteiger partial charge is 0.377 e. The summed E-state index contributed by atoms with van der Waals surface area (Å²) < 4.78 is 5.17. The van der Waals surface area contributed by atoms with E-state index in [-0.39, 0.29) is 5.56 Å². The van der Waals surface area contributed by atoms with Gasteiger partial charge in [-0.3, -0.25) is 4.79 Å². The number of rotatable bonds is 5. The first-order chi connectivity index (χ1) is 7.15. The van der Waals surface area contributed by atoms with E-state index in [2.05, 4.69) is 6.58 Å². The van der Waals surface area contributed by atoms with Crippen LogP contribution in [0.2, 0.25) is 0 Å². The normalized spacial score (nSPS) is 9.33. The second-order valence-corrected chi connectivity index (χ2v) is 2.76. The van der Waals surface area contributed by atoms with Crippen LogP contribution in [0.4, 0.5) is 0 Å². The van der Waals surface area contributed by atoms with Gasteiger partial charge in [-0.1, -0.05) is 12.7 Å². The molecular weight excluding hydrogens is 196 g/mol. The summed E-state index contributed by atoms with van der Waals surface area (Å²) >= 11 is 0. The number of aliphatic carboxylic acids is 1. The Kier molecular flexibility index (Phi) is 3.62. The summed E-state index contributed by atoms with van der Waals surface area (Å²) in [5.41, 5.74) is 0.133. The summed E-state index contributed by atoms with van der Waals surface area (Å²) in [4.78, 5) is 21.4. The van der Waals surface area contributed by atoms with Gasteiger partial charge in [0, 0.05) is 5.56 Å². The average molecular weight is 206 g/mol. The Morgan fingerprint density at radius 2 is 1.93 bits per heavy atom. The fourth-order valence-corrected chi connectivity index (χ4v) is 0.981. The first-order valence-corrected chi connectivity index (χ1v) is 4.26. The third kappa shape index (κ3) is 2.95. The van der Waals surface area contributed by atoms with E-state index >= 15 is 0 Å². The van der Waals surface area contributed by atoms with Crippen molar-refractivity contribution in [1.82, 2.24) is 0 Å². The number of ketones is 1. The summed E-state index contributed by atoms with van der Waals surface area (Å²) in [6.45, 7) is 3.86. The van der Waals surface area contributed by atoms with Crippen molar-refractivity contribution in [2.75, 3.05) is 6.61 Å². The summed E-state index contributed by atoms with van der Waals surface area (Å²) in [6, 6.07) is 5.91. The van der Waals surface area contributed by atoms with Gasteiger partial charge in [0.2, 0.25) is 0 Å². The highest BCUT2D eigenvalue weighted by molar-refractivity contribution is 6.39. The zero-order chi connectivity index (χ0) is 11.3. The molecule has 0 aromatic heterocycles. The molecule has 0 unspecified atom stereocenters. The molecule has 0 atom stereocenters. The maximum atomic E-state index is 11.0. The van der Waals surface area contributed by atoms with Gasteiger partial charge in [0.05, 0.1) is 0 Å². The fraction of sp³-hybridized carbons (Fsp3) is 0.0909. The van der Waals surface area contributed by atoms with E-state index in [1.807, 2.05) is 0 Å². The van der Waals surface area contributed by atoms with Crippen LogP contribution in [-0.2, 0) is 4.79 Å². The van der Waals surface area contributed by atoms with Gasteiger partial charge in [-0.05, 0) is 24.3 Å². The molecule has 0 amide bonds. The van der Waals surface area contributed by atoms with E-state index in [0.29, 0.717) is 12.4 Å². The minimum atomic E-state index is -1.46. The van der Waals surface area contributed by atoms with Gasteiger partial charge >= 0.3 is 5.97 Å². The lowest BCUT2D eigenvalue weighted by Crippen LogP contribution is -2.12. The lowest BCUT2D eigenvalue weighted by atomic mass is 10.1. The highest BCUT2D eigenvalue weighted by atomic mass is 16.5. The Labute approximate surface area is 86.8 Å². The van der Waals surface area contributed by atoms with Crippen molar-refractivity contribution in [2.45, 2.75) is 0 Å². The van der Waals surface area contributed by atoms with E-state index in [1.54, 1.807) is 18.2 Å². The summed E-state index contributed by atoms with van der Waals surface area (Å²) in [5, 5.41) is 8.45. The van der Waals surface area contributed by atoms with Crippen molar-refractivity contribution >= 4 is 11.8 Å². The molecule has 1 N–H and O–H groups in total. The SMILES string of the molecule is C=CCOc1ccc(C(=O)C(=O)O)cc1. The third-order valence-electron chi connectivity index (χ3n) is 1.68. The Bertz CT molecular complexity index is 378. The number of carboxylic acids is 1. The second-order valence-electron chi connectivity index (χ2n) is 2.76. The van der Waals surface area contributed by atoms with Crippen LogP contribution >= 0.6 is 0 Å². The van der Waals surface area contributed by atoms with Crippen molar-refractivity contribution in [3.63, 3.8) is 0 Å². The van der Waals surface area contributed by atoms with E-state index in [0.717, 1.165) is 0 Å². The van der Waals surface area contributed by atoms with Crippen LogP contribution in [0.1, 0.15) is 10.4 Å². The Morgan fingerprint density at radius 3 is 2.40 bits per heavy atom. The minimum Gasteiger partial charge on any atom is -0.490 e. The van der Waals surface area contributed by atoms with Crippen molar-refractivity contribution in [2.24, 2.45) is 0 Å². The highest BCUT2D eigenvalue weighted by Crippen LogP contribution is 2.12. The van der Waals surface area contributed by atoms with Gasteiger partial charge in [0.25, 0.3) is 5.78 Å². The average Bonchev–Trinajstić information content (AvgIpc) is 2.26. The monoisotopic (exact) mass is 206 g/mol. The molecule has 1 aromatic carbocycles. The lowest BCUT2D eigenvalue weighted by molar-refractivity contribution is -0.131. The van der Waals surface area contributed by atoms with Crippen molar-refractivity contribution in [1.29, 1.82) is 0 Å². The van der Waals surface area contributed by atoms with Crippen LogP contribution in [0.15, 0.2) is 36.9 Å². The van der Waals surface area contributed by atoms with Crippen LogP contribution in [0, 0.1) is 0 Å². The van der Waals surface area contributed by atoms with Crippen molar-refractivity contribution in [3.8, 4) is 5.75 Å². The molecule has 0 saturated heterocycles. The number of ether oxygens (including phenoxy) is 1. The van der Waals surface area contributed by atoms with Crippen molar-refractivity contribution in [3.05, 3.63) is 42.5 Å². The fourth-order valence-electron chi connectivity index (χ4n) is 0.981. The Balaban J connectivity index is 2.76. The molecule has 0 aliphatic heterocycles. The van der Waals surface area contributed by atoms with E-state index in [4.69, 9.17) is 9.84 Å². The number of Topliss-reactive ketones (excluding diaryl/α,β-unsaturated/α-hetero) is 1. The maximum absolute atomic E-state index is 11.0. The number of hydrogen-bond donors (Lipinski definition) is 1. The largest absolute Gasteiger partial charge is 0.490 e. The quantitative estimate of drug-likeness (QED) is 0.450. The van der Waals surface area contributed by atoms with Gasteiger partial charge < -0.3 is 9.84 Å². The molecule has 0 heterocycles. The van der Waals surface area contributed by atoms with Crippen molar-refractivity contribution < 1.29 is 19.4 Å². The molecule has 4 heteroatoms. The number of carbonyl (C=O) groups is 2. The molecule has 0 radical (unpaired) electrons. The van der Waals surface area contributed by atoms with Crippen LogP contribution in [0.25, 0.3) is 0 Å². The van der Waals surface area contributed by atoms with E-state index < -0.39 is 11.8 Å². The van der Waals surface area contributed by atoms with Crippen LogP contribution in [-0.4, -0.2) is 23.5 Å². The zero-order valence-corrected chi connectivity index (χ0v) is 7.97. The molecular formula is C11H10O4. The molecule has 1 aromatic rings. The first kappa shape index (κ1) is 11.0. The zero-order valence-electron chi connectivity index (χ0n) is 7.97. The molecule has 0 fully saturated rings. The first-order valence-electron chi connectivity index (χ1n) is 4.26. The van der Waals surface area contributed by atoms with Gasteiger partial charge in [-0.25, -0.2) is 4.79 Å². The lowest BCUT2D eigenvalue weighted by Gasteiger charge is -2.02. The minimum absolute atomic E-state index is 0.133. The maximum Gasteiger partial charge on any atom is 0.377 e. The standard InChI is InChI=1S/C11H10O4/c1-2-7-15-9-5-3-8(4-6-9)10(12)11(13)14/h2-6H,1,7H2,(H,13,14). The predicted octanol–water partition coefficient (Wildman–Crippen LogP) is 1.52. The molecule has 4 nitrogen and oxygen atoms in total. The molecule has 0 saturated carbocycles. The molecule has 78 valence electrons. The third-order valence-corrected chi connectivity index (χ3v) is 1.68. The summed E-state index contributed by atoms with van der Waals surface area (Å²) in [5.74, 6) is -1.82. The van der Waals surface area contributed by atoms with Gasteiger partial charge in [-0.15, -0.1) is 0 Å². The number of carboxylic acid groups (broad SMARTS) is 1. The summed E-state index contributed by atoms with van der Waals surface area (Å²) in [7, 11) is 0. The molecule has 0 aliphatic rings. The molecule has 0 bridgehead atoms. The molecule has 0 spiro atoms. The topological polar surface area (TPSA) is 63.6 Å². The van der Waals surface area contributed by atoms with Gasteiger partial charge in [0.15, 0.2) is 0 Å². The summed E-state index contributed by atoms with van der Waals surface area (Å²) in [6.07, 6.45) is 1.59. The number of benzene rings is 1. The Morgan fingerprint density at radius 1 is 1.33 bits per heavy atom. The highest BCUT2D eigenvalue weighted by Gasteiger charge is 2.13. The van der Waals surface area contributed by atoms with E-state index in [9.17, 15) is 9.59 Å². The molecule has 1 rings (SSSR count). The van der Waals surface area contributed by atoms with Gasteiger partial charge in [-0.2, -0.15) is 0 Å². The number of hydrogen-bond acceptors (Lipinski definition) is 3. The van der Waals surface area contributed by atoms with Crippen LogP contribution in [0.3, 0.4) is 0 Å². The van der Waals surface area contributed by atoms with Crippen LogP contribution < -0.4 is 4.74 Å². The Hall–Kier alpha value is -2.10. The van der Waals surface area contributed by atoms with Crippen LogP contribution in [0.5, 0.6) is 5.75 Å². The molecule has 15 heavy (non-hydrogen) atoms.